The maximum absolute atomic E-state index is 12.6. The fourth-order valence-corrected chi connectivity index (χ4v) is 4.21. The maximum Gasteiger partial charge on any atom is 0.273 e. The van der Waals surface area contributed by atoms with Gasteiger partial charge < -0.3 is 15.1 Å². The Morgan fingerprint density at radius 2 is 1.72 bits per heavy atom. The monoisotopic (exact) mass is 364 g/mol. The van der Waals surface area contributed by atoms with Gasteiger partial charge in [-0.3, -0.25) is 14.4 Å². The molecular formula is C17H24N4O3S. The molecule has 1 aliphatic carbocycles. The third-order valence-electron chi connectivity index (χ3n) is 4.84. The second-order valence-electron chi connectivity index (χ2n) is 6.67. The van der Waals surface area contributed by atoms with E-state index in [1.807, 2.05) is 4.90 Å². The predicted octanol–water partition coefficient (Wildman–Crippen LogP) is 1.97. The van der Waals surface area contributed by atoms with Gasteiger partial charge in [0.05, 0.1) is 0 Å². The molecule has 0 aromatic carbocycles. The Morgan fingerprint density at radius 1 is 1.08 bits per heavy atom. The molecule has 3 amide bonds. The molecule has 2 heterocycles. The summed E-state index contributed by atoms with van der Waals surface area (Å²) in [6, 6.07) is 0. The van der Waals surface area contributed by atoms with Crippen LogP contribution in [0.1, 0.15) is 49.5 Å². The van der Waals surface area contributed by atoms with Gasteiger partial charge in [-0.2, -0.15) is 0 Å². The van der Waals surface area contributed by atoms with Crippen LogP contribution < -0.4 is 5.32 Å². The van der Waals surface area contributed by atoms with Crippen molar-refractivity contribution in [2.75, 3.05) is 31.5 Å². The summed E-state index contributed by atoms with van der Waals surface area (Å²) in [5.74, 6) is 0.0870. The van der Waals surface area contributed by atoms with Crippen molar-refractivity contribution in [3.8, 4) is 0 Å². The standard InChI is InChI=1S/C17H24N4O3S/c1-12(22)18-17-19-14(11-25-17)16(24)21-9-7-20(8-10-21)15(23)13-5-3-2-4-6-13/h11,13H,2-10H2,1H3,(H,18,19,22). The van der Waals surface area contributed by atoms with E-state index in [0.29, 0.717) is 37.0 Å². The number of carbonyl (C=O) groups excluding carboxylic acids is 3. The lowest BCUT2D eigenvalue weighted by Crippen LogP contribution is -2.52. The fourth-order valence-electron chi connectivity index (χ4n) is 3.48. The molecule has 25 heavy (non-hydrogen) atoms. The van der Waals surface area contributed by atoms with E-state index < -0.39 is 0 Å². The second kappa shape index (κ2) is 7.95. The summed E-state index contributed by atoms with van der Waals surface area (Å²) < 4.78 is 0. The van der Waals surface area contributed by atoms with Crippen LogP contribution in [0.15, 0.2) is 5.38 Å². The van der Waals surface area contributed by atoms with E-state index in [1.54, 1.807) is 10.3 Å². The Balaban J connectivity index is 1.52. The van der Waals surface area contributed by atoms with Crippen molar-refractivity contribution in [3.63, 3.8) is 0 Å². The summed E-state index contributed by atoms with van der Waals surface area (Å²) in [7, 11) is 0. The Kier molecular flexibility index (Phi) is 5.67. The van der Waals surface area contributed by atoms with Gasteiger partial charge in [0.2, 0.25) is 11.8 Å². The first-order chi connectivity index (χ1) is 12.0. The smallest absolute Gasteiger partial charge is 0.273 e. The first kappa shape index (κ1) is 17.8. The minimum atomic E-state index is -0.205. The van der Waals surface area contributed by atoms with E-state index in [1.165, 1.54) is 24.7 Å². The topological polar surface area (TPSA) is 82.6 Å². The van der Waals surface area contributed by atoms with Crippen molar-refractivity contribution in [1.82, 2.24) is 14.8 Å². The molecule has 1 N–H and O–H groups in total. The molecule has 1 aromatic heterocycles. The van der Waals surface area contributed by atoms with Crippen molar-refractivity contribution in [1.29, 1.82) is 0 Å². The van der Waals surface area contributed by atoms with Gasteiger partial charge >= 0.3 is 0 Å². The second-order valence-corrected chi connectivity index (χ2v) is 7.53. The number of rotatable bonds is 3. The fraction of sp³-hybridized carbons (Fsp3) is 0.647. The summed E-state index contributed by atoms with van der Waals surface area (Å²) in [6.45, 7) is 3.65. The van der Waals surface area contributed by atoms with Crippen LogP contribution in [0.4, 0.5) is 5.13 Å². The Hall–Kier alpha value is -1.96. The summed E-state index contributed by atoms with van der Waals surface area (Å²) in [5, 5.41) is 4.68. The van der Waals surface area contributed by atoms with Gasteiger partial charge in [0, 0.05) is 44.4 Å². The van der Waals surface area contributed by atoms with E-state index in [2.05, 4.69) is 10.3 Å². The molecule has 2 aliphatic rings. The first-order valence-electron chi connectivity index (χ1n) is 8.86. The van der Waals surface area contributed by atoms with Gasteiger partial charge in [-0.05, 0) is 12.8 Å². The molecule has 1 saturated carbocycles. The maximum atomic E-state index is 12.6. The van der Waals surface area contributed by atoms with Crippen LogP contribution in [-0.4, -0.2) is 58.7 Å². The molecule has 3 rings (SSSR count). The third kappa shape index (κ3) is 4.36. The molecule has 0 radical (unpaired) electrons. The van der Waals surface area contributed by atoms with Gasteiger partial charge in [0.1, 0.15) is 5.69 Å². The Morgan fingerprint density at radius 3 is 2.36 bits per heavy atom. The van der Waals surface area contributed by atoms with E-state index >= 15 is 0 Å². The number of amides is 3. The summed E-state index contributed by atoms with van der Waals surface area (Å²) in [5.41, 5.74) is 0.348. The van der Waals surface area contributed by atoms with Crippen molar-refractivity contribution in [3.05, 3.63) is 11.1 Å². The Labute approximate surface area is 151 Å². The molecule has 1 aliphatic heterocycles. The molecule has 1 saturated heterocycles. The zero-order valence-electron chi connectivity index (χ0n) is 14.5. The highest BCUT2D eigenvalue weighted by atomic mass is 32.1. The van der Waals surface area contributed by atoms with Crippen LogP contribution >= 0.6 is 11.3 Å². The average Bonchev–Trinajstić information content (AvgIpc) is 3.09. The molecule has 0 unspecified atom stereocenters. The number of aromatic nitrogens is 1. The zero-order valence-corrected chi connectivity index (χ0v) is 15.3. The first-order valence-corrected chi connectivity index (χ1v) is 9.74. The van der Waals surface area contributed by atoms with Gasteiger partial charge in [0.15, 0.2) is 5.13 Å². The molecule has 136 valence electrons. The lowest BCUT2D eigenvalue weighted by Gasteiger charge is -2.36. The summed E-state index contributed by atoms with van der Waals surface area (Å²) in [4.78, 5) is 44.0. The predicted molar refractivity (Wildman–Crippen MR) is 95.5 cm³/mol. The van der Waals surface area contributed by atoms with Crippen LogP contribution in [0.2, 0.25) is 0 Å². The zero-order chi connectivity index (χ0) is 17.8. The quantitative estimate of drug-likeness (QED) is 0.889. The van der Waals surface area contributed by atoms with E-state index in [9.17, 15) is 14.4 Å². The number of nitrogens with zero attached hydrogens (tertiary/aromatic N) is 3. The van der Waals surface area contributed by atoms with Gasteiger partial charge in [-0.1, -0.05) is 19.3 Å². The van der Waals surface area contributed by atoms with Crippen molar-refractivity contribution in [2.45, 2.75) is 39.0 Å². The number of piperazine rings is 1. The van der Waals surface area contributed by atoms with Crippen molar-refractivity contribution >= 4 is 34.2 Å². The van der Waals surface area contributed by atoms with Gasteiger partial charge in [0.25, 0.3) is 5.91 Å². The normalized spacial score (nSPS) is 18.9. The lowest BCUT2D eigenvalue weighted by molar-refractivity contribution is -0.138. The van der Waals surface area contributed by atoms with Gasteiger partial charge in [-0.15, -0.1) is 11.3 Å². The van der Waals surface area contributed by atoms with Crippen LogP contribution in [0.5, 0.6) is 0 Å². The Bertz CT molecular complexity index is 646. The van der Waals surface area contributed by atoms with Crippen LogP contribution in [0.3, 0.4) is 0 Å². The molecule has 0 spiro atoms. The number of thiazole rings is 1. The number of anilines is 1. The average molecular weight is 364 g/mol. The highest BCUT2D eigenvalue weighted by Gasteiger charge is 2.30. The number of hydrogen-bond donors (Lipinski definition) is 1. The molecule has 0 bridgehead atoms. The molecule has 8 heteroatoms. The third-order valence-corrected chi connectivity index (χ3v) is 5.60. The van der Waals surface area contributed by atoms with Crippen molar-refractivity contribution in [2.24, 2.45) is 5.92 Å². The minimum absolute atomic E-state index is 0.141. The highest BCUT2D eigenvalue weighted by Crippen LogP contribution is 2.26. The largest absolute Gasteiger partial charge is 0.339 e. The minimum Gasteiger partial charge on any atom is -0.339 e. The number of carbonyl (C=O) groups is 3. The lowest BCUT2D eigenvalue weighted by atomic mass is 9.88. The van der Waals surface area contributed by atoms with E-state index in [0.717, 1.165) is 25.7 Å². The van der Waals surface area contributed by atoms with Gasteiger partial charge in [-0.25, -0.2) is 4.98 Å². The van der Waals surface area contributed by atoms with Crippen LogP contribution in [-0.2, 0) is 9.59 Å². The van der Waals surface area contributed by atoms with Crippen LogP contribution in [0, 0.1) is 5.92 Å². The molecule has 7 nitrogen and oxygen atoms in total. The summed E-state index contributed by atoms with van der Waals surface area (Å²) in [6.07, 6.45) is 5.54. The SMILES string of the molecule is CC(=O)Nc1nc(C(=O)N2CCN(C(=O)C3CCCCC3)CC2)cs1. The molecule has 1 aromatic rings. The van der Waals surface area contributed by atoms with Crippen molar-refractivity contribution < 1.29 is 14.4 Å². The number of hydrogen-bond acceptors (Lipinski definition) is 5. The van der Waals surface area contributed by atoms with E-state index in [4.69, 9.17) is 0 Å². The highest BCUT2D eigenvalue weighted by molar-refractivity contribution is 7.14. The molecular weight excluding hydrogens is 340 g/mol. The molecule has 2 fully saturated rings. The van der Waals surface area contributed by atoms with Crippen LogP contribution in [0.25, 0.3) is 0 Å². The summed E-state index contributed by atoms with van der Waals surface area (Å²) >= 11 is 1.24. The molecule has 0 atom stereocenters. The number of nitrogens with one attached hydrogen (secondary N) is 1. The van der Waals surface area contributed by atoms with E-state index in [-0.39, 0.29) is 23.6 Å².